The first kappa shape index (κ1) is 23.7. The molecule has 6 nitrogen and oxygen atoms in total. The van der Waals surface area contributed by atoms with Crippen molar-refractivity contribution in [2.75, 3.05) is 31.9 Å². The van der Waals surface area contributed by atoms with Crippen molar-refractivity contribution in [2.45, 2.75) is 52.2 Å². The number of aromatic nitrogens is 1. The molecule has 0 saturated carbocycles. The predicted octanol–water partition coefficient (Wildman–Crippen LogP) is 3.70. The lowest BCUT2D eigenvalue weighted by atomic mass is 9.99. The minimum absolute atomic E-state index is 0.00589. The van der Waals surface area contributed by atoms with Gasteiger partial charge in [-0.1, -0.05) is 26.0 Å². The maximum atomic E-state index is 12.5. The average Bonchev–Trinajstić information content (AvgIpc) is 3.12. The number of carbonyl (C=O) groups is 1. The second-order valence-corrected chi connectivity index (χ2v) is 9.99. The average molecular weight is 446 g/mol. The molecule has 1 atom stereocenters. The van der Waals surface area contributed by atoms with Crippen molar-refractivity contribution in [3.05, 3.63) is 41.3 Å². The van der Waals surface area contributed by atoms with E-state index < -0.39 is 10.8 Å². The first-order valence-corrected chi connectivity index (χ1v) is 12.8. The van der Waals surface area contributed by atoms with E-state index in [2.05, 4.69) is 41.2 Å². The van der Waals surface area contributed by atoms with Gasteiger partial charge in [-0.25, -0.2) is 4.98 Å². The fraction of sp³-hybridized carbons (Fsp3) is 0.583. The number of nitrogens with zero attached hydrogens (tertiary/aromatic N) is 2. The number of carbonyl (C=O) groups excluding carboxylic acids is 1. The summed E-state index contributed by atoms with van der Waals surface area (Å²) in [6.07, 6.45) is 4.43. The number of nitrogens with one attached hydrogen (secondary N) is 1. The lowest BCUT2D eigenvalue weighted by Crippen LogP contribution is -2.36. The monoisotopic (exact) mass is 445 g/mol. The zero-order valence-electron chi connectivity index (χ0n) is 19.0. The van der Waals surface area contributed by atoms with Crippen LogP contribution < -0.4 is 5.32 Å². The van der Waals surface area contributed by atoms with Gasteiger partial charge in [-0.3, -0.25) is 9.00 Å². The van der Waals surface area contributed by atoms with Crippen LogP contribution in [0.5, 0.6) is 0 Å². The highest BCUT2D eigenvalue weighted by molar-refractivity contribution is 7.84. The summed E-state index contributed by atoms with van der Waals surface area (Å²) in [5, 5.41) is 2.90. The smallest absolute Gasteiger partial charge is 0.232 e. The molecule has 1 aromatic heterocycles. The molecule has 1 saturated heterocycles. The highest BCUT2D eigenvalue weighted by atomic mass is 32.2. The normalized spacial score (nSPS) is 16.4. The summed E-state index contributed by atoms with van der Waals surface area (Å²) in [7, 11) is -1.32. The zero-order chi connectivity index (χ0) is 22.2. The standard InChI is InChI=1S/C24H35N3O3S/c1-4-20-6-8-21(9-7-20)24-26-22(19(3)30-24)16-31(29)17-23(28)25-12-5-13-27-14-10-18(2)11-15-27/h6-9,18H,4-5,10-17H2,1-3H3,(H,25,28)/t31-/m0/s1. The number of hydrogen-bond acceptors (Lipinski definition) is 5. The van der Waals surface area contributed by atoms with Crippen LogP contribution in [0.2, 0.25) is 0 Å². The Hall–Kier alpha value is -1.99. The van der Waals surface area contributed by atoms with E-state index in [4.69, 9.17) is 4.42 Å². The van der Waals surface area contributed by atoms with Crippen molar-refractivity contribution in [3.63, 3.8) is 0 Å². The number of benzene rings is 1. The van der Waals surface area contributed by atoms with Gasteiger partial charge in [-0.15, -0.1) is 0 Å². The molecule has 1 fully saturated rings. The van der Waals surface area contributed by atoms with Crippen LogP contribution in [0.25, 0.3) is 11.5 Å². The minimum atomic E-state index is -1.32. The number of aryl methyl sites for hydroxylation is 2. The quantitative estimate of drug-likeness (QED) is 0.565. The third-order valence-corrected chi connectivity index (χ3v) is 7.12. The van der Waals surface area contributed by atoms with Crippen LogP contribution in [-0.2, 0) is 27.8 Å². The molecule has 1 amide bonds. The van der Waals surface area contributed by atoms with E-state index in [0.717, 1.165) is 44.0 Å². The van der Waals surface area contributed by atoms with Crippen molar-refractivity contribution in [3.8, 4) is 11.5 Å². The van der Waals surface area contributed by atoms with Gasteiger partial charge in [-0.2, -0.15) is 0 Å². The van der Waals surface area contributed by atoms with Gasteiger partial charge < -0.3 is 14.6 Å². The lowest BCUT2D eigenvalue weighted by molar-refractivity contribution is -0.118. The number of rotatable bonds is 10. The van der Waals surface area contributed by atoms with Gasteiger partial charge in [-0.05, 0) is 75.9 Å². The second-order valence-electron chi connectivity index (χ2n) is 8.53. The number of amides is 1. The molecule has 0 bridgehead atoms. The lowest BCUT2D eigenvalue weighted by Gasteiger charge is -2.30. The third-order valence-electron chi connectivity index (χ3n) is 5.94. The fourth-order valence-electron chi connectivity index (χ4n) is 3.79. The number of likely N-dealkylation sites (tertiary alicyclic amines) is 1. The SMILES string of the molecule is CCc1ccc(-c2nc(C[S@](=O)CC(=O)NCCCN3CCC(C)CC3)c(C)o2)cc1. The van der Waals surface area contributed by atoms with Gasteiger partial charge in [0.05, 0.1) is 11.4 Å². The van der Waals surface area contributed by atoms with E-state index in [-0.39, 0.29) is 17.4 Å². The Morgan fingerprint density at radius 3 is 2.65 bits per heavy atom. The first-order chi connectivity index (χ1) is 14.9. The highest BCUT2D eigenvalue weighted by Crippen LogP contribution is 2.23. The fourth-order valence-corrected chi connectivity index (χ4v) is 4.85. The molecule has 0 aliphatic carbocycles. The molecule has 3 rings (SSSR count). The van der Waals surface area contributed by atoms with E-state index in [1.807, 2.05) is 19.1 Å². The molecule has 0 unspecified atom stereocenters. The molecule has 2 heterocycles. The van der Waals surface area contributed by atoms with Gasteiger partial charge in [0.25, 0.3) is 0 Å². The molecule has 1 N–H and O–H groups in total. The summed E-state index contributed by atoms with van der Waals surface area (Å²) in [6.45, 7) is 10.2. The van der Waals surface area contributed by atoms with Crippen LogP contribution in [0.4, 0.5) is 0 Å². The van der Waals surface area contributed by atoms with Crippen LogP contribution in [0.1, 0.15) is 50.1 Å². The summed E-state index contributed by atoms with van der Waals surface area (Å²) in [5.41, 5.74) is 2.81. The molecular weight excluding hydrogens is 410 g/mol. The Kier molecular flexibility index (Phi) is 8.84. The predicted molar refractivity (Wildman–Crippen MR) is 125 cm³/mol. The van der Waals surface area contributed by atoms with Crippen LogP contribution >= 0.6 is 0 Å². The van der Waals surface area contributed by atoms with Gasteiger partial charge >= 0.3 is 0 Å². The van der Waals surface area contributed by atoms with Crippen LogP contribution in [-0.4, -0.2) is 51.9 Å². The molecule has 31 heavy (non-hydrogen) atoms. The van der Waals surface area contributed by atoms with E-state index in [9.17, 15) is 9.00 Å². The summed E-state index contributed by atoms with van der Waals surface area (Å²) in [4.78, 5) is 19.1. The minimum Gasteiger partial charge on any atom is -0.441 e. The molecule has 1 aromatic carbocycles. The summed E-state index contributed by atoms with van der Waals surface area (Å²) >= 11 is 0. The highest BCUT2D eigenvalue weighted by Gasteiger charge is 2.17. The van der Waals surface area contributed by atoms with Crippen LogP contribution in [0, 0.1) is 12.8 Å². The molecule has 1 aliphatic rings. The maximum Gasteiger partial charge on any atom is 0.232 e. The molecule has 2 aromatic rings. The van der Waals surface area contributed by atoms with Crippen molar-refractivity contribution < 1.29 is 13.4 Å². The van der Waals surface area contributed by atoms with E-state index in [1.54, 1.807) is 0 Å². The van der Waals surface area contributed by atoms with E-state index >= 15 is 0 Å². The Morgan fingerprint density at radius 2 is 1.97 bits per heavy atom. The maximum absolute atomic E-state index is 12.5. The largest absolute Gasteiger partial charge is 0.441 e. The van der Waals surface area contributed by atoms with Crippen molar-refractivity contribution in [1.82, 2.24) is 15.2 Å². The van der Waals surface area contributed by atoms with E-state index in [0.29, 0.717) is 23.9 Å². The molecule has 1 aliphatic heterocycles. The number of oxazole rings is 1. The second kappa shape index (κ2) is 11.6. The molecule has 7 heteroatoms. The molecule has 0 radical (unpaired) electrons. The number of hydrogen-bond donors (Lipinski definition) is 1. The van der Waals surface area contributed by atoms with E-state index in [1.165, 1.54) is 18.4 Å². The Labute approximate surface area is 188 Å². The van der Waals surface area contributed by atoms with Crippen molar-refractivity contribution in [1.29, 1.82) is 0 Å². The first-order valence-electron chi connectivity index (χ1n) is 11.3. The number of piperidine rings is 1. The molecule has 0 spiro atoms. The summed E-state index contributed by atoms with van der Waals surface area (Å²) < 4.78 is 18.2. The third kappa shape index (κ3) is 7.28. The van der Waals surface area contributed by atoms with Gasteiger partial charge in [0.15, 0.2) is 0 Å². The van der Waals surface area contributed by atoms with Crippen molar-refractivity contribution >= 4 is 16.7 Å². The Morgan fingerprint density at radius 1 is 1.26 bits per heavy atom. The zero-order valence-corrected chi connectivity index (χ0v) is 19.8. The van der Waals surface area contributed by atoms with Gasteiger partial charge in [0.2, 0.25) is 11.8 Å². The summed E-state index contributed by atoms with van der Waals surface area (Å²) in [6, 6.07) is 8.09. The van der Waals surface area contributed by atoms with Gasteiger partial charge in [0, 0.05) is 22.9 Å². The molecular formula is C24H35N3O3S. The molecule has 170 valence electrons. The van der Waals surface area contributed by atoms with Crippen molar-refractivity contribution in [2.24, 2.45) is 5.92 Å². The van der Waals surface area contributed by atoms with Crippen LogP contribution in [0.3, 0.4) is 0 Å². The van der Waals surface area contributed by atoms with Crippen LogP contribution in [0.15, 0.2) is 28.7 Å². The topological polar surface area (TPSA) is 75.4 Å². The van der Waals surface area contributed by atoms with Gasteiger partial charge in [0.1, 0.15) is 11.5 Å². The Bertz CT molecular complexity index is 871. The summed E-state index contributed by atoms with van der Waals surface area (Å²) in [5.74, 6) is 2.07. The Balaban J connectivity index is 1.40.